The molecule has 0 bridgehead atoms. The predicted molar refractivity (Wildman–Crippen MR) is 85.9 cm³/mol. The van der Waals surface area contributed by atoms with E-state index in [2.05, 4.69) is 10.1 Å². The fraction of sp³-hybridized carbons (Fsp3) is 0.333. The Morgan fingerprint density at radius 3 is 2.77 bits per heavy atom. The molecule has 1 aliphatic heterocycles. The summed E-state index contributed by atoms with van der Waals surface area (Å²) in [5.41, 5.74) is -0.172. The topological polar surface area (TPSA) is 141 Å². The molecule has 0 radical (unpaired) electrons. The van der Waals surface area contributed by atoms with Crippen molar-refractivity contribution in [1.29, 1.82) is 0 Å². The molecule has 1 amide bonds. The second kappa shape index (κ2) is 6.88. The molecule has 136 valence electrons. The minimum atomic E-state index is -1.15. The van der Waals surface area contributed by atoms with E-state index < -0.39 is 28.9 Å². The minimum Gasteiger partial charge on any atom is -0.480 e. The maximum Gasteiger partial charge on any atom is 0.326 e. The normalized spacial score (nSPS) is 19.5. The molecular formula is C15H15N5O6. The minimum absolute atomic E-state index is 0.0172. The lowest BCUT2D eigenvalue weighted by atomic mass is 10.1. The molecule has 0 spiro atoms. The van der Waals surface area contributed by atoms with Gasteiger partial charge in [-0.1, -0.05) is 0 Å². The molecule has 2 atom stereocenters. The number of ether oxygens (including phenoxy) is 1. The van der Waals surface area contributed by atoms with Crippen LogP contribution in [0.5, 0.6) is 0 Å². The maximum atomic E-state index is 12.7. The lowest BCUT2D eigenvalue weighted by molar-refractivity contribution is -0.384. The first kappa shape index (κ1) is 17.5. The molecule has 26 heavy (non-hydrogen) atoms. The molecule has 2 unspecified atom stereocenters. The van der Waals surface area contributed by atoms with Crippen LogP contribution in [0.3, 0.4) is 0 Å². The van der Waals surface area contributed by atoms with Crippen LogP contribution in [0.1, 0.15) is 16.8 Å². The highest BCUT2D eigenvalue weighted by Crippen LogP contribution is 2.27. The van der Waals surface area contributed by atoms with Gasteiger partial charge in [-0.25, -0.2) is 14.5 Å². The number of nitro benzene ring substituents is 1. The van der Waals surface area contributed by atoms with Crippen LogP contribution in [0, 0.1) is 10.1 Å². The van der Waals surface area contributed by atoms with Gasteiger partial charge in [0.2, 0.25) is 0 Å². The second-order valence-electron chi connectivity index (χ2n) is 5.71. The average molecular weight is 361 g/mol. The molecule has 0 saturated carbocycles. The summed E-state index contributed by atoms with van der Waals surface area (Å²) in [6.45, 7) is 0.102. The second-order valence-corrected chi connectivity index (χ2v) is 5.71. The van der Waals surface area contributed by atoms with Crippen molar-refractivity contribution >= 4 is 17.6 Å². The lowest BCUT2D eigenvalue weighted by Gasteiger charge is -2.21. The summed E-state index contributed by atoms with van der Waals surface area (Å²) < 4.78 is 6.37. The maximum absolute atomic E-state index is 12.7. The van der Waals surface area contributed by atoms with E-state index in [1.165, 1.54) is 36.6 Å². The van der Waals surface area contributed by atoms with Gasteiger partial charge in [0, 0.05) is 31.7 Å². The quantitative estimate of drug-likeness (QED) is 0.599. The van der Waals surface area contributed by atoms with Crippen LogP contribution < -0.4 is 0 Å². The van der Waals surface area contributed by atoms with Crippen molar-refractivity contribution in [2.75, 3.05) is 13.7 Å². The molecule has 1 aliphatic rings. The molecule has 1 N–H and O–H groups in total. The number of carbonyl (C=O) groups is 2. The number of carboxylic acid groups (broad SMARTS) is 1. The Kier molecular flexibility index (Phi) is 4.63. The highest BCUT2D eigenvalue weighted by Gasteiger charge is 2.40. The fourth-order valence-corrected chi connectivity index (χ4v) is 2.92. The van der Waals surface area contributed by atoms with Crippen molar-refractivity contribution < 1.29 is 24.4 Å². The lowest BCUT2D eigenvalue weighted by Crippen LogP contribution is -2.40. The SMILES string of the molecule is COC1CC(C(=O)O)N(C(=O)c2ccc(-n3cncn3)c([N+](=O)[O-])c2)C1. The van der Waals surface area contributed by atoms with Crippen LogP contribution in [-0.2, 0) is 9.53 Å². The van der Waals surface area contributed by atoms with Gasteiger partial charge in [0.15, 0.2) is 0 Å². The molecule has 1 aromatic carbocycles. The first-order valence-electron chi connectivity index (χ1n) is 7.62. The zero-order valence-corrected chi connectivity index (χ0v) is 13.7. The zero-order chi connectivity index (χ0) is 18.8. The van der Waals surface area contributed by atoms with Crippen molar-refractivity contribution in [3.8, 4) is 5.69 Å². The fourth-order valence-electron chi connectivity index (χ4n) is 2.92. The molecule has 2 heterocycles. The summed E-state index contributed by atoms with van der Waals surface area (Å²) in [6.07, 6.45) is 2.30. The number of carboxylic acids is 1. The van der Waals surface area contributed by atoms with Crippen LogP contribution in [-0.4, -0.2) is 67.4 Å². The number of aromatic nitrogens is 3. The van der Waals surface area contributed by atoms with Crippen molar-refractivity contribution in [3.05, 3.63) is 46.5 Å². The number of hydrogen-bond acceptors (Lipinski definition) is 7. The van der Waals surface area contributed by atoms with Gasteiger partial charge in [0.05, 0.1) is 11.0 Å². The van der Waals surface area contributed by atoms with Crippen LogP contribution in [0.15, 0.2) is 30.9 Å². The van der Waals surface area contributed by atoms with Crippen molar-refractivity contribution in [2.45, 2.75) is 18.6 Å². The number of likely N-dealkylation sites (tertiary alicyclic amines) is 1. The summed E-state index contributed by atoms with van der Waals surface area (Å²) >= 11 is 0. The Morgan fingerprint density at radius 1 is 1.42 bits per heavy atom. The smallest absolute Gasteiger partial charge is 0.326 e. The number of methoxy groups -OCH3 is 1. The molecular weight excluding hydrogens is 346 g/mol. The molecule has 1 saturated heterocycles. The molecule has 2 aromatic rings. The zero-order valence-electron chi connectivity index (χ0n) is 13.7. The largest absolute Gasteiger partial charge is 0.480 e. The Balaban J connectivity index is 1.96. The van der Waals surface area contributed by atoms with Gasteiger partial charge in [-0.15, -0.1) is 0 Å². The van der Waals surface area contributed by atoms with Gasteiger partial charge in [0.25, 0.3) is 11.6 Å². The van der Waals surface area contributed by atoms with Crippen molar-refractivity contribution in [2.24, 2.45) is 0 Å². The average Bonchev–Trinajstić information content (AvgIpc) is 3.30. The molecule has 11 nitrogen and oxygen atoms in total. The summed E-state index contributed by atoms with van der Waals surface area (Å²) in [7, 11) is 1.44. The number of nitro groups is 1. The monoisotopic (exact) mass is 361 g/mol. The number of carbonyl (C=O) groups excluding carboxylic acids is 1. The molecule has 1 aromatic heterocycles. The van der Waals surface area contributed by atoms with E-state index in [9.17, 15) is 24.8 Å². The van der Waals surface area contributed by atoms with Gasteiger partial charge >= 0.3 is 5.97 Å². The van der Waals surface area contributed by atoms with Crippen LogP contribution in [0.25, 0.3) is 5.69 Å². The third-order valence-corrected chi connectivity index (χ3v) is 4.23. The Morgan fingerprint density at radius 2 is 2.19 bits per heavy atom. The third kappa shape index (κ3) is 3.11. The Hall–Kier alpha value is -3.34. The number of hydrogen-bond donors (Lipinski definition) is 1. The summed E-state index contributed by atoms with van der Waals surface area (Å²) in [5, 5.41) is 24.6. The van der Waals surface area contributed by atoms with Crippen LogP contribution in [0.2, 0.25) is 0 Å². The summed E-state index contributed by atoms with van der Waals surface area (Å²) in [5.74, 6) is -1.75. The summed E-state index contributed by atoms with van der Waals surface area (Å²) in [6, 6.07) is 2.84. The molecule has 1 fully saturated rings. The molecule has 11 heteroatoms. The number of rotatable bonds is 5. The highest BCUT2D eigenvalue weighted by atomic mass is 16.6. The van der Waals surface area contributed by atoms with E-state index in [0.29, 0.717) is 0 Å². The first-order chi connectivity index (χ1) is 12.4. The predicted octanol–water partition coefficient (Wildman–Crippen LogP) is 0.490. The van der Waals surface area contributed by atoms with Gasteiger partial charge < -0.3 is 14.7 Å². The standard InChI is InChI=1S/C15H15N5O6/c1-26-10-5-13(15(22)23)18(6-10)14(21)9-2-3-11(12(4-9)20(24)25)19-8-16-7-17-19/h2-4,7-8,10,13H,5-6H2,1H3,(H,22,23). The van der Waals surface area contributed by atoms with E-state index in [0.717, 1.165) is 11.0 Å². The van der Waals surface area contributed by atoms with E-state index in [1.807, 2.05) is 0 Å². The van der Waals surface area contributed by atoms with Gasteiger partial charge in [-0.05, 0) is 12.1 Å². The van der Waals surface area contributed by atoms with Gasteiger partial charge in [-0.2, -0.15) is 5.10 Å². The summed E-state index contributed by atoms with van der Waals surface area (Å²) in [4.78, 5) is 39.8. The number of aliphatic carboxylic acids is 1. The van der Waals surface area contributed by atoms with Crippen molar-refractivity contribution in [1.82, 2.24) is 19.7 Å². The third-order valence-electron chi connectivity index (χ3n) is 4.23. The van der Waals surface area contributed by atoms with E-state index in [1.54, 1.807) is 0 Å². The number of amides is 1. The Bertz CT molecular complexity index is 852. The van der Waals surface area contributed by atoms with Gasteiger partial charge in [-0.3, -0.25) is 14.9 Å². The molecule has 3 rings (SSSR count). The van der Waals surface area contributed by atoms with Crippen LogP contribution in [0.4, 0.5) is 5.69 Å². The van der Waals surface area contributed by atoms with E-state index in [4.69, 9.17) is 4.74 Å². The first-order valence-corrected chi connectivity index (χ1v) is 7.62. The molecule has 0 aliphatic carbocycles. The Labute approximate surface area is 147 Å². The number of nitrogens with zero attached hydrogens (tertiary/aromatic N) is 5. The van der Waals surface area contributed by atoms with Gasteiger partial charge in [0.1, 0.15) is 24.4 Å². The van der Waals surface area contributed by atoms with Crippen LogP contribution >= 0.6 is 0 Å². The highest BCUT2D eigenvalue weighted by molar-refractivity contribution is 5.98. The van der Waals surface area contributed by atoms with E-state index in [-0.39, 0.29) is 29.9 Å². The van der Waals surface area contributed by atoms with E-state index >= 15 is 0 Å². The number of benzene rings is 1. The van der Waals surface area contributed by atoms with Crippen molar-refractivity contribution in [3.63, 3.8) is 0 Å².